The first-order valence-electron chi connectivity index (χ1n) is 7.09. The maximum atomic E-state index is 3.54. The van der Waals surface area contributed by atoms with Crippen LogP contribution in [0.15, 0.2) is 36.4 Å². The van der Waals surface area contributed by atoms with Gasteiger partial charge in [-0.2, -0.15) is 0 Å². The quantitative estimate of drug-likeness (QED) is 0.792. The maximum Gasteiger partial charge on any atom is 0.0389 e. The predicted molar refractivity (Wildman–Crippen MR) is 84.4 cm³/mol. The second-order valence-electron chi connectivity index (χ2n) is 5.25. The highest BCUT2D eigenvalue weighted by Crippen LogP contribution is 2.22. The van der Waals surface area contributed by atoms with E-state index < -0.39 is 0 Å². The Labute approximate surface area is 116 Å². The molecular formula is C18H23N. The van der Waals surface area contributed by atoms with Crippen molar-refractivity contribution in [2.75, 3.05) is 5.32 Å². The lowest BCUT2D eigenvalue weighted by molar-refractivity contribution is 1.09. The van der Waals surface area contributed by atoms with E-state index in [0.29, 0.717) is 0 Å². The van der Waals surface area contributed by atoms with Crippen LogP contribution in [0.2, 0.25) is 0 Å². The highest BCUT2D eigenvalue weighted by Gasteiger charge is 2.01. The van der Waals surface area contributed by atoms with E-state index in [1.165, 1.54) is 33.6 Å². The first kappa shape index (κ1) is 13.7. The summed E-state index contributed by atoms with van der Waals surface area (Å²) in [7, 11) is 0. The molecule has 2 aromatic rings. The summed E-state index contributed by atoms with van der Waals surface area (Å²) in [6, 6.07) is 13.4. The van der Waals surface area contributed by atoms with Gasteiger partial charge < -0.3 is 5.32 Å². The van der Waals surface area contributed by atoms with Crippen molar-refractivity contribution < 1.29 is 0 Å². The molecule has 1 N–H and O–H groups in total. The van der Waals surface area contributed by atoms with Gasteiger partial charge in [-0.05, 0) is 73.2 Å². The van der Waals surface area contributed by atoms with Crippen molar-refractivity contribution in [3.05, 3.63) is 58.7 Å². The fraction of sp³-hybridized carbons (Fsp3) is 0.333. The number of benzene rings is 2. The molecule has 0 spiro atoms. The third kappa shape index (κ3) is 3.60. The highest BCUT2D eigenvalue weighted by molar-refractivity contribution is 5.62. The lowest BCUT2D eigenvalue weighted by Gasteiger charge is -2.12. The van der Waals surface area contributed by atoms with Crippen molar-refractivity contribution in [2.45, 2.75) is 40.5 Å². The van der Waals surface area contributed by atoms with Gasteiger partial charge in [-0.3, -0.25) is 0 Å². The van der Waals surface area contributed by atoms with Crippen LogP contribution in [0.1, 0.15) is 36.1 Å². The molecule has 0 radical (unpaired) electrons. The highest BCUT2D eigenvalue weighted by atomic mass is 14.9. The summed E-state index contributed by atoms with van der Waals surface area (Å²) >= 11 is 0. The molecule has 0 bridgehead atoms. The lowest BCUT2D eigenvalue weighted by Crippen LogP contribution is -1.95. The number of rotatable bonds is 4. The number of anilines is 2. The van der Waals surface area contributed by atoms with E-state index in [1.807, 2.05) is 0 Å². The van der Waals surface area contributed by atoms with Gasteiger partial charge in [0.2, 0.25) is 0 Å². The Bertz CT molecular complexity index is 527. The summed E-state index contributed by atoms with van der Waals surface area (Å²) in [5.74, 6) is 0. The van der Waals surface area contributed by atoms with Crippen molar-refractivity contribution in [1.82, 2.24) is 0 Å². The van der Waals surface area contributed by atoms with Crippen LogP contribution >= 0.6 is 0 Å². The average Bonchev–Trinajstić information content (AvgIpc) is 2.37. The molecule has 0 aliphatic carbocycles. The molecule has 0 aliphatic heterocycles. The Morgan fingerprint density at radius 3 is 1.63 bits per heavy atom. The molecule has 0 saturated heterocycles. The van der Waals surface area contributed by atoms with E-state index in [1.54, 1.807) is 0 Å². The van der Waals surface area contributed by atoms with Crippen molar-refractivity contribution in [2.24, 2.45) is 0 Å². The molecule has 0 aromatic heterocycles. The normalized spacial score (nSPS) is 10.5. The Morgan fingerprint density at radius 2 is 1.16 bits per heavy atom. The van der Waals surface area contributed by atoms with E-state index >= 15 is 0 Å². The van der Waals surface area contributed by atoms with Gasteiger partial charge in [-0.25, -0.2) is 0 Å². The van der Waals surface area contributed by atoms with Gasteiger partial charge in [0.05, 0.1) is 0 Å². The lowest BCUT2D eigenvalue weighted by atomic mass is 10.0. The van der Waals surface area contributed by atoms with Crippen LogP contribution in [0.25, 0.3) is 0 Å². The van der Waals surface area contributed by atoms with Gasteiger partial charge in [0.25, 0.3) is 0 Å². The summed E-state index contributed by atoms with van der Waals surface area (Å²) in [4.78, 5) is 0. The van der Waals surface area contributed by atoms with E-state index in [4.69, 9.17) is 0 Å². The van der Waals surface area contributed by atoms with E-state index in [0.717, 1.165) is 12.8 Å². The van der Waals surface area contributed by atoms with Gasteiger partial charge in [0, 0.05) is 11.4 Å². The van der Waals surface area contributed by atoms with Crippen molar-refractivity contribution in [1.29, 1.82) is 0 Å². The minimum atomic E-state index is 1.08. The van der Waals surface area contributed by atoms with Crippen LogP contribution in [-0.2, 0) is 12.8 Å². The zero-order valence-electron chi connectivity index (χ0n) is 12.4. The van der Waals surface area contributed by atoms with Crippen molar-refractivity contribution in [3.8, 4) is 0 Å². The second kappa shape index (κ2) is 5.92. The molecule has 0 unspecified atom stereocenters. The zero-order chi connectivity index (χ0) is 13.8. The van der Waals surface area contributed by atoms with E-state index in [2.05, 4.69) is 69.4 Å². The van der Waals surface area contributed by atoms with Crippen LogP contribution in [-0.4, -0.2) is 0 Å². The molecule has 2 rings (SSSR count). The van der Waals surface area contributed by atoms with Crippen LogP contribution in [0, 0.1) is 13.8 Å². The first-order chi connectivity index (χ1) is 9.10. The number of aryl methyl sites for hydroxylation is 4. The van der Waals surface area contributed by atoms with Gasteiger partial charge in [0.15, 0.2) is 0 Å². The fourth-order valence-electron chi connectivity index (χ4n) is 2.46. The molecule has 1 nitrogen and oxygen atoms in total. The van der Waals surface area contributed by atoms with Gasteiger partial charge in [0.1, 0.15) is 0 Å². The molecule has 1 heteroatoms. The van der Waals surface area contributed by atoms with Gasteiger partial charge in [-0.1, -0.05) is 26.0 Å². The average molecular weight is 253 g/mol. The van der Waals surface area contributed by atoms with Crippen LogP contribution < -0.4 is 5.32 Å². The number of nitrogens with one attached hydrogen (secondary N) is 1. The minimum absolute atomic E-state index is 1.08. The third-order valence-corrected chi connectivity index (χ3v) is 3.38. The molecule has 0 heterocycles. The molecule has 0 amide bonds. The van der Waals surface area contributed by atoms with Crippen LogP contribution in [0.3, 0.4) is 0 Å². The minimum Gasteiger partial charge on any atom is -0.355 e. The molecule has 0 fully saturated rings. The topological polar surface area (TPSA) is 12.0 Å². The van der Waals surface area contributed by atoms with E-state index in [-0.39, 0.29) is 0 Å². The summed E-state index contributed by atoms with van der Waals surface area (Å²) in [6.07, 6.45) is 2.16. The molecule has 19 heavy (non-hydrogen) atoms. The van der Waals surface area contributed by atoms with Crippen LogP contribution in [0.5, 0.6) is 0 Å². The molecule has 2 aromatic carbocycles. The Hall–Kier alpha value is -1.76. The predicted octanol–water partition coefficient (Wildman–Crippen LogP) is 5.17. The summed E-state index contributed by atoms with van der Waals surface area (Å²) < 4.78 is 0. The molecule has 0 aliphatic rings. The van der Waals surface area contributed by atoms with E-state index in [9.17, 15) is 0 Å². The molecule has 100 valence electrons. The fourth-order valence-corrected chi connectivity index (χ4v) is 2.46. The maximum absolute atomic E-state index is 3.54. The first-order valence-corrected chi connectivity index (χ1v) is 7.09. The van der Waals surface area contributed by atoms with Gasteiger partial charge >= 0.3 is 0 Å². The second-order valence-corrected chi connectivity index (χ2v) is 5.25. The standard InChI is InChI=1S/C18H23N/c1-5-15-10-16(6-2)12-18(11-15)19-17-8-13(3)7-14(4)9-17/h7-12,19H,5-6H2,1-4H3. The summed E-state index contributed by atoms with van der Waals surface area (Å²) in [5, 5.41) is 3.54. The third-order valence-electron chi connectivity index (χ3n) is 3.38. The summed E-state index contributed by atoms with van der Waals surface area (Å²) in [6.45, 7) is 8.68. The number of hydrogen-bond donors (Lipinski definition) is 1. The largest absolute Gasteiger partial charge is 0.355 e. The van der Waals surface area contributed by atoms with Crippen molar-refractivity contribution >= 4 is 11.4 Å². The Morgan fingerprint density at radius 1 is 0.684 bits per heavy atom. The molecular weight excluding hydrogens is 230 g/mol. The molecule has 0 atom stereocenters. The Kier molecular flexibility index (Phi) is 4.26. The molecule has 0 saturated carbocycles. The Balaban J connectivity index is 2.31. The summed E-state index contributed by atoms with van der Waals surface area (Å²) in [5.41, 5.74) is 7.75. The van der Waals surface area contributed by atoms with Crippen molar-refractivity contribution in [3.63, 3.8) is 0 Å². The van der Waals surface area contributed by atoms with Gasteiger partial charge in [-0.15, -0.1) is 0 Å². The smallest absolute Gasteiger partial charge is 0.0389 e. The monoisotopic (exact) mass is 253 g/mol. The van der Waals surface area contributed by atoms with Crippen LogP contribution in [0.4, 0.5) is 11.4 Å². The zero-order valence-corrected chi connectivity index (χ0v) is 12.4. The number of hydrogen-bond acceptors (Lipinski definition) is 1. The SMILES string of the molecule is CCc1cc(CC)cc(Nc2cc(C)cc(C)c2)c1.